The molecule has 5 heteroatoms. The summed E-state index contributed by atoms with van der Waals surface area (Å²) >= 11 is 0. The van der Waals surface area contributed by atoms with Crippen LogP contribution in [0.5, 0.6) is 0 Å². The van der Waals surface area contributed by atoms with Crippen molar-refractivity contribution in [1.29, 1.82) is 0 Å². The number of carbonyl (C=O) groups excluding carboxylic acids is 1. The molecule has 0 radical (unpaired) electrons. The molecule has 20 heavy (non-hydrogen) atoms. The maximum atomic E-state index is 12.6. The lowest BCUT2D eigenvalue weighted by atomic mass is 9.88. The van der Waals surface area contributed by atoms with Crippen molar-refractivity contribution in [3.63, 3.8) is 0 Å². The van der Waals surface area contributed by atoms with Crippen LogP contribution in [0.15, 0.2) is 0 Å². The Kier molecular flexibility index (Phi) is 5.83. The fraction of sp³-hybridized carbons (Fsp3) is 0.867. The average molecular weight is 283 g/mol. The first kappa shape index (κ1) is 15.3. The molecule has 1 saturated heterocycles. The molecule has 114 valence electrons. The summed E-state index contributed by atoms with van der Waals surface area (Å²) in [4.78, 5) is 25.1. The van der Waals surface area contributed by atoms with Gasteiger partial charge in [-0.1, -0.05) is 19.3 Å². The molecule has 1 aliphatic heterocycles. The summed E-state index contributed by atoms with van der Waals surface area (Å²) in [5, 5.41) is 8.85. The fourth-order valence-electron chi connectivity index (χ4n) is 3.16. The van der Waals surface area contributed by atoms with E-state index in [0.29, 0.717) is 13.1 Å². The largest absolute Gasteiger partial charge is 0.481 e. The molecule has 2 rings (SSSR count). The Balaban J connectivity index is 1.91. The lowest BCUT2D eigenvalue weighted by Crippen LogP contribution is -2.42. The van der Waals surface area contributed by atoms with E-state index in [1.165, 1.54) is 6.42 Å². The summed E-state index contributed by atoms with van der Waals surface area (Å²) in [5.74, 6) is -0.612. The maximum Gasteiger partial charge on any atom is 0.305 e. The van der Waals surface area contributed by atoms with Gasteiger partial charge in [0.1, 0.15) is 0 Å². The van der Waals surface area contributed by atoms with E-state index < -0.39 is 5.97 Å². The standard InChI is InChI=1S/C15H25NO4/c17-14(18)8-9-16(11-13-7-4-10-20-13)15(19)12-5-2-1-3-6-12/h12-13H,1-11H2,(H,17,18)/t13-/m0/s1. The predicted molar refractivity (Wildman–Crippen MR) is 74.4 cm³/mol. The van der Waals surface area contributed by atoms with E-state index in [4.69, 9.17) is 9.84 Å². The normalized spacial score (nSPS) is 23.7. The number of hydrogen-bond donors (Lipinski definition) is 1. The molecule has 1 atom stereocenters. The summed E-state index contributed by atoms with van der Waals surface area (Å²) in [6.45, 7) is 1.63. The van der Waals surface area contributed by atoms with E-state index in [-0.39, 0.29) is 24.3 Å². The van der Waals surface area contributed by atoms with E-state index in [2.05, 4.69) is 0 Å². The Bertz CT molecular complexity index is 333. The van der Waals surface area contributed by atoms with Crippen molar-refractivity contribution >= 4 is 11.9 Å². The number of rotatable bonds is 6. The van der Waals surface area contributed by atoms with Gasteiger partial charge in [0, 0.05) is 25.6 Å². The zero-order valence-corrected chi connectivity index (χ0v) is 12.1. The molecule has 0 aromatic rings. The molecule has 1 saturated carbocycles. The van der Waals surface area contributed by atoms with Gasteiger partial charge >= 0.3 is 5.97 Å². The van der Waals surface area contributed by atoms with Crippen LogP contribution >= 0.6 is 0 Å². The van der Waals surface area contributed by atoms with Crippen molar-refractivity contribution in [3.05, 3.63) is 0 Å². The van der Waals surface area contributed by atoms with Gasteiger partial charge in [0.25, 0.3) is 0 Å². The fourth-order valence-corrected chi connectivity index (χ4v) is 3.16. The van der Waals surface area contributed by atoms with E-state index in [0.717, 1.165) is 45.1 Å². The van der Waals surface area contributed by atoms with Crippen molar-refractivity contribution in [2.75, 3.05) is 19.7 Å². The Labute approximate surface area is 120 Å². The Morgan fingerprint density at radius 2 is 1.85 bits per heavy atom. The number of nitrogens with zero attached hydrogens (tertiary/aromatic N) is 1. The molecule has 5 nitrogen and oxygen atoms in total. The van der Waals surface area contributed by atoms with Gasteiger partial charge in [-0.15, -0.1) is 0 Å². The minimum absolute atomic E-state index is 0.0190. The molecular weight excluding hydrogens is 258 g/mol. The summed E-state index contributed by atoms with van der Waals surface area (Å²) in [6.07, 6.45) is 7.47. The van der Waals surface area contributed by atoms with Crippen LogP contribution in [0, 0.1) is 5.92 Å². The number of carboxylic acids is 1. The zero-order valence-electron chi connectivity index (χ0n) is 12.1. The highest BCUT2D eigenvalue weighted by atomic mass is 16.5. The lowest BCUT2D eigenvalue weighted by Gasteiger charge is -2.30. The summed E-state index contributed by atoms with van der Waals surface area (Å²) in [6, 6.07) is 0. The number of amides is 1. The minimum atomic E-state index is -0.848. The molecular formula is C15H25NO4. The van der Waals surface area contributed by atoms with E-state index in [9.17, 15) is 9.59 Å². The highest BCUT2D eigenvalue weighted by molar-refractivity contribution is 5.79. The molecule has 1 amide bonds. The quantitative estimate of drug-likeness (QED) is 0.810. The summed E-state index contributed by atoms with van der Waals surface area (Å²) < 4.78 is 5.59. The van der Waals surface area contributed by atoms with Crippen LogP contribution in [0.25, 0.3) is 0 Å². The molecule has 2 aliphatic rings. The van der Waals surface area contributed by atoms with E-state index in [1.54, 1.807) is 4.90 Å². The topological polar surface area (TPSA) is 66.8 Å². The van der Waals surface area contributed by atoms with Crippen molar-refractivity contribution in [1.82, 2.24) is 4.90 Å². The number of carbonyl (C=O) groups is 2. The lowest BCUT2D eigenvalue weighted by molar-refractivity contribution is -0.141. The summed E-state index contributed by atoms with van der Waals surface area (Å²) in [5.41, 5.74) is 0. The minimum Gasteiger partial charge on any atom is -0.481 e. The van der Waals surface area contributed by atoms with Crippen molar-refractivity contribution in [3.8, 4) is 0 Å². The molecule has 0 aromatic heterocycles. The Morgan fingerprint density at radius 3 is 2.45 bits per heavy atom. The van der Waals surface area contributed by atoms with Crippen LogP contribution in [0.2, 0.25) is 0 Å². The molecule has 2 fully saturated rings. The van der Waals surface area contributed by atoms with E-state index in [1.807, 2.05) is 0 Å². The summed E-state index contributed by atoms with van der Waals surface area (Å²) in [7, 11) is 0. The third-order valence-corrected chi connectivity index (χ3v) is 4.31. The molecule has 0 bridgehead atoms. The number of ether oxygens (including phenoxy) is 1. The second-order valence-corrected chi connectivity index (χ2v) is 5.90. The van der Waals surface area contributed by atoms with Gasteiger partial charge < -0.3 is 14.7 Å². The molecule has 0 aromatic carbocycles. The second kappa shape index (κ2) is 7.62. The zero-order chi connectivity index (χ0) is 14.4. The van der Waals surface area contributed by atoms with Crippen LogP contribution < -0.4 is 0 Å². The first-order chi connectivity index (χ1) is 9.66. The monoisotopic (exact) mass is 283 g/mol. The number of aliphatic carboxylic acids is 1. The van der Waals surface area contributed by atoms with Gasteiger partial charge in [-0.05, 0) is 25.7 Å². The maximum absolute atomic E-state index is 12.6. The highest BCUT2D eigenvalue weighted by Crippen LogP contribution is 2.26. The van der Waals surface area contributed by atoms with E-state index >= 15 is 0 Å². The van der Waals surface area contributed by atoms with Crippen molar-refractivity contribution < 1.29 is 19.4 Å². The highest BCUT2D eigenvalue weighted by Gasteiger charge is 2.29. The van der Waals surface area contributed by atoms with Crippen LogP contribution in [0.4, 0.5) is 0 Å². The smallest absolute Gasteiger partial charge is 0.305 e. The molecule has 1 heterocycles. The molecule has 0 unspecified atom stereocenters. The van der Waals surface area contributed by atoms with Gasteiger partial charge in [-0.2, -0.15) is 0 Å². The van der Waals surface area contributed by atoms with Gasteiger partial charge in [-0.3, -0.25) is 9.59 Å². The van der Waals surface area contributed by atoms with Gasteiger partial charge in [0.05, 0.1) is 12.5 Å². The third kappa shape index (κ3) is 4.47. The molecule has 0 spiro atoms. The second-order valence-electron chi connectivity index (χ2n) is 5.90. The van der Waals surface area contributed by atoms with Crippen molar-refractivity contribution in [2.24, 2.45) is 5.92 Å². The SMILES string of the molecule is O=C(O)CCN(C[C@@H]1CCCO1)C(=O)C1CCCCC1. The van der Waals surface area contributed by atoms with Gasteiger partial charge in [-0.25, -0.2) is 0 Å². The van der Waals surface area contributed by atoms with Gasteiger partial charge in [0.2, 0.25) is 5.91 Å². The molecule has 1 aliphatic carbocycles. The van der Waals surface area contributed by atoms with Crippen LogP contribution in [0.1, 0.15) is 51.4 Å². The molecule has 1 N–H and O–H groups in total. The Hall–Kier alpha value is -1.10. The van der Waals surface area contributed by atoms with Gasteiger partial charge in [0.15, 0.2) is 0 Å². The van der Waals surface area contributed by atoms with Crippen LogP contribution in [0.3, 0.4) is 0 Å². The number of hydrogen-bond acceptors (Lipinski definition) is 3. The Morgan fingerprint density at radius 1 is 1.10 bits per heavy atom. The third-order valence-electron chi connectivity index (χ3n) is 4.31. The van der Waals surface area contributed by atoms with Crippen LogP contribution in [-0.2, 0) is 14.3 Å². The van der Waals surface area contributed by atoms with Crippen LogP contribution in [-0.4, -0.2) is 47.7 Å². The first-order valence-corrected chi connectivity index (χ1v) is 7.79. The average Bonchev–Trinajstić information content (AvgIpc) is 2.96. The van der Waals surface area contributed by atoms with Crippen molar-refractivity contribution in [2.45, 2.75) is 57.5 Å². The predicted octanol–water partition coefficient (Wildman–Crippen LogP) is 2.05. The number of carboxylic acid groups (broad SMARTS) is 1. The first-order valence-electron chi connectivity index (χ1n) is 7.79.